The number of aryl methyl sites for hydroxylation is 1. The van der Waals surface area contributed by atoms with Crippen molar-refractivity contribution in [3.63, 3.8) is 0 Å². The largest absolute Gasteiger partial charge is 0.312 e. The van der Waals surface area contributed by atoms with Gasteiger partial charge in [0.2, 0.25) is 0 Å². The van der Waals surface area contributed by atoms with Crippen LogP contribution in [0.3, 0.4) is 0 Å². The molecule has 5 nitrogen and oxygen atoms in total. The van der Waals surface area contributed by atoms with E-state index in [0.717, 1.165) is 50.3 Å². The SMILES string of the molecule is CN(C)CCCn1nc(-c2cccnc2)c2c1CCNC2. The predicted octanol–water partition coefficient (Wildman–Crippen LogP) is 1.54. The van der Waals surface area contributed by atoms with Crippen molar-refractivity contribution in [2.24, 2.45) is 0 Å². The van der Waals surface area contributed by atoms with E-state index in [2.05, 4.69) is 40.0 Å². The number of fused-ring (bicyclic) bond motifs is 1. The highest BCUT2D eigenvalue weighted by molar-refractivity contribution is 5.63. The molecule has 0 radical (unpaired) electrons. The molecule has 0 atom stereocenters. The lowest BCUT2D eigenvalue weighted by Gasteiger charge is -2.16. The monoisotopic (exact) mass is 285 g/mol. The van der Waals surface area contributed by atoms with Crippen LogP contribution in [0, 0.1) is 0 Å². The summed E-state index contributed by atoms with van der Waals surface area (Å²) < 4.78 is 2.21. The molecule has 0 unspecified atom stereocenters. The van der Waals surface area contributed by atoms with Gasteiger partial charge >= 0.3 is 0 Å². The van der Waals surface area contributed by atoms with Gasteiger partial charge in [0.15, 0.2) is 0 Å². The molecule has 1 aliphatic rings. The zero-order valence-corrected chi connectivity index (χ0v) is 12.8. The number of nitrogens with zero attached hydrogens (tertiary/aromatic N) is 4. The van der Waals surface area contributed by atoms with Crippen molar-refractivity contribution < 1.29 is 0 Å². The molecule has 3 heterocycles. The molecule has 1 N–H and O–H groups in total. The van der Waals surface area contributed by atoms with Crippen LogP contribution in [0.4, 0.5) is 0 Å². The summed E-state index contributed by atoms with van der Waals surface area (Å²) in [6.07, 6.45) is 5.90. The van der Waals surface area contributed by atoms with Crippen molar-refractivity contribution in [2.75, 3.05) is 27.2 Å². The van der Waals surface area contributed by atoms with Gasteiger partial charge in [-0.25, -0.2) is 0 Å². The Hall–Kier alpha value is -1.72. The summed E-state index contributed by atoms with van der Waals surface area (Å²) in [7, 11) is 4.23. The third kappa shape index (κ3) is 3.14. The maximum Gasteiger partial charge on any atom is 0.0986 e. The van der Waals surface area contributed by atoms with Gasteiger partial charge in [0.25, 0.3) is 0 Å². The average Bonchev–Trinajstić information content (AvgIpc) is 2.87. The summed E-state index contributed by atoms with van der Waals surface area (Å²) in [5.74, 6) is 0. The van der Waals surface area contributed by atoms with Gasteiger partial charge in [-0.2, -0.15) is 5.10 Å². The Morgan fingerprint density at radius 3 is 3.05 bits per heavy atom. The first kappa shape index (κ1) is 14.2. The molecular formula is C16H23N5. The highest BCUT2D eigenvalue weighted by atomic mass is 15.3. The zero-order chi connectivity index (χ0) is 14.7. The Bertz CT molecular complexity index is 588. The maximum atomic E-state index is 4.88. The van der Waals surface area contributed by atoms with Crippen LogP contribution in [0.15, 0.2) is 24.5 Å². The van der Waals surface area contributed by atoms with Gasteiger partial charge in [-0.3, -0.25) is 9.67 Å². The number of pyridine rings is 1. The third-order valence-electron chi connectivity index (χ3n) is 3.92. The van der Waals surface area contributed by atoms with Gasteiger partial charge in [0.05, 0.1) is 5.69 Å². The third-order valence-corrected chi connectivity index (χ3v) is 3.92. The van der Waals surface area contributed by atoms with Crippen LogP contribution in [0.25, 0.3) is 11.3 Å². The van der Waals surface area contributed by atoms with Crippen LogP contribution < -0.4 is 5.32 Å². The lowest BCUT2D eigenvalue weighted by molar-refractivity contribution is 0.377. The summed E-state index contributed by atoms with van der Waals surface area (Å²) in [6, 6.07) is 4.07. The first-order chi connectivity index (χ1) is 10.3. The highest BCUT2D eigenvalue weighted by Gasteiger charge is 2.21. The second-order valence-corrected chi connectivity index (χ2v) is 5.82. The zero-order valence-electron chi connectivity index (χ0n) is 12.8. The molecular weight excluding hydrogens is 262 g/mol. The minimum atomic E-state index is 0.910. The number of nitrogens with one attached hydrogen (secondary N) is 1. The molecule has 3 rings (SSSR count). The fourth-order valence-corrected chi connectivity index (χ4v) is 2.88. The first-order valence-corrected chi connectivity index (χ1v) is 7.60. The van der Waals surface area contributed by atoms with Crippen LogP contribution in [-0.4, -0.2) is 46.8 Å². The Kier molecular flexibility index (Phi) is 4.31. The number of hydrogen-bond acceptors (Lipinski definition) is 4. The second-order valence-electron chi connectivity index (χ2n) is 5.82. The Morgan fingerprint density at radius 1 is 1.38 bits per heavy atom. The molecule has 0 saturated carbocycles. The molecule has 0 saturated heterocycles. The van der Waals surface area contributed by atoms with Gasteiger partial charge in [-0.05, 0) is 39.2 Å². The highest BCUT2D eigenvalue weighted by Crippen LogP contribution is 2.27. The molecule has 0 aliphatic carbocycles. The van der Waals surface area contributed by atoms with Gasteiger partial charge in [0.1, 0.15) is 0 Å². The predicted molar refractivity (Wildman–Crippen MR) is 84.0 cm³/mol. The number of hydrogen-bond donors (Lipinski definition) is 1. The lowest BCUT2D eigenvalue weighted by atomic mass is 10.0. The van der Waals surface area contributed by atoms with Crippen LogP contribution in [0.1, 0.15) is 17.7 Å². The van der Waals surface area contributed by atoms with Gasteiger partial charge in [-0.1, -0.05) is 0 Å². The van der Waals surface area contributed by atoms with Crippen molar-refractivity contribution in [3.8, 4) is 11.3 Å². The molecule has 2 aromatic heterocycles. The topological polar surface area (TPSA) is 46.0 Å². The van der Waals surface area contributed by atoms with Gasteiger partial charge < -0.3 is 10.2 Å². The fourth-order valence-electron chi connectivity index (χ4n) is 2.88. The summed E-state index contributed by atoms with van der Waals surface area (Å²) in [5.41, 5.74) is 4.95. The van der Waals surface area contributed by atoms with Crippen molar-refractivity contribution in [1.82, 2.24) is 25.0 Å². The van der Waals surface area contributed by atoms with Crippen LogP contribution in [-0.2, 0) is 19.5 Å². The Morgan fingerprint density at radius 2 is 2.29 bits per heavy atom. The second kappa shape index (κ2) is 6.37. The Labute approximate surface area is 126 Å². The van der Waals surface area contributed by atoms with Gasteiger partial charge in [0, 0.05) is 55.3 Å². The van der Waals surface area contributed by atoms with Crippen LogP contribution in [0.5, 0.6) is 0 Å². The average molecular weight is 285 g/mol. The fraction of sp³-hybridized carbons (Fsp3) is 0.500. The van der Waals surface area contributed by atoms with E-state index in [0.29, 0.717) is 0 Å². The minimum absolute atomic E-state index is 0.910. The normalized spacial score (nSPS) is 14.4. The molecule has 5 heteroatoms. The summed E-state index contributed by atoms with van der Waals surface area (Å²) >= 11 is 0. The summed E-state index contributed by atoms with van der Waals surface area (Å²) in [5, 5.41) is 8.33. The van der Waals surface area contributed by atoms with Crippen molar-refractivity contribution in [3.05, 3.63) is 35.8 Å². The standard InChI is InChI=1S/C16H23N5/c1-20(2)9-4-10-21-15-6-8-18-12-14(15)16(19-21)13-5-3-7-17-11-13/h3,5,7,11,18H,4,6,8-10,12H2,1-2H3. The minimum Gasteiger partial charge on any atom is -0.312 e. The van der Waals surface area contributed by atoms with E-state index in [4.69, 9.17) is 5.10 Å². The van der Waals surface area contributed by atoms with E-state index in [1.54, 1.807) is 0 Å². The van der Waals surface area contributed by atoms with E-state index >= 15 is 0 Å². The molecule has 1 aliphatic heterocycles. The van der Waals surface area contributed by atoms with Crippen molar-refractivity contribution in [2.45, 2.75) is 25.9 Å². The molecule has 2 aromatic rings. The van der Waals surface area contributed by atoms with E-state index in [1.165, 1.54) is 11.3 Å². The molecule has 0 amide bonds. The molecule has 0 fully saturated rings. The number of aromatic nitrogens is 3. The molecule has 0 bridgehead atoms. The van der Waals surface area contributed by atoms with E-state index in [9.17, 15) is 0 Å². The summed E-state index contributed by atoms with van der Waals surface area (Å²) in [6.45, 7) is 4.03. The van der Waals surface area contributed by atoms with Gasteiger partial charge in [-0.15, -0.1) is 0 Å². The first-order valence-electron chi connectivity index (χ1n) is 7.60. The molecule has 112 valence electrons. The quantitative estimate of drug-likeness (QED) is 0.905. The summed E-state index contributed by atoms with van der Waals surface area (Å²) in [4.78, 5) is 6.45. The van der Waals surface area contributed by atoms with Crippen molar-refractivity contribution in [1.29, 1.82) is 0 Å². The van der Waals surface area contributed by atoms with E-state index in [-0.39, 0.29) is 0 Å². The molecule has 21 heavy (non-hydrogen) atoms. The molecule has 0 aromatic carbocycles. The van der Waals surface area contributed by atoms with Crippen LogP contribution >= 0.6 is 0 Å². The maximum absolute atomic E-state index is 4.88. The molecule has 0 spiro atoms. The van der Waals surface area contributed by atoms with E-state index in [1.807, 2.05) is 18.5 Å². The van der Waals surface area contributed by atoms with Crippen LogP contribution in [0.2, 0.25) is 0 Å². The smallest absolute Gasteiger partial charge is 0.0986 e. The number of rotatable bonds is 5. The Balaban J connectivity index is 1.89. The lowest BCUT2D eigenvalue weighted by Crippen LogP contribution is -2.25. The van der Waals surface area contributed by atoms with Crippen molar-refractivity contribution >= 4 is 0 Å². The van der Waals surface area contributed by atoms with E-state index < -0.39 is 0 Å².